The molecule has 5 aromatic carbocycles. The Bertz CT molecular complexity index is 1690. The molecule has 8 rings (SSSR count). The van der Waals surface area contributed by atoms with Gasteiger partial charge in [-0.3, -0.25) is 4.90 Å². The lowest BCUT2D eigenvalue weighted by atomic mass is 9.73. The molecule has 3 heteroatoms. The summed E-state index contributed by atoms with van der Waals surface area (Å²) in [6.45, 7) is 8.40. The topological polar surface area (TPSA) is 32.7 Å². The molecule has 0 aliphatic carbocycles. The normalized spacial score (nSPS) is 23.6. The van der Waals surface area contributed by atoms with Crippen molar-refractivity contribution in [1.29, 1.82) is 0 Å². The van der Waals surface area contributed by atoms with Crippen molar-refractivity contribution >= 4 is 32.3 Å². The third-order valence-corrected chi connectivity index (χ3v) is 9.05. The van der Waals surface area contributed by atoms with Crippen LogP contribution < -0.4 is 4.74 Å². The fourth-order valence-corrected chi connectivity index (χ4v) is 7.05. The third kappa shape index (κ3) is 3.76. The summed E-state index contributed by atoms with van der Waals surface area (Å²) in [6, 6.07) is 29.7. The maximum Gasteiger partial charge on any atom is 0.140 e. The molecule has 3 saturated heterocycles. The minimum absolute atomic E-state index is 0.168. The van der Waals surface area contributed by atoms with Crippen LogP contribution in [0.1, 0.15) is 30.1 Å². The van der Waals surface area contributed by atoms with Gasteiger partial charge in [-0.05, 0) is 88.8 Å². The van der Waals surface area contributed by atoms with Gasteiger partial charge in [-0.2, -0.15) is 0 Å². The lowest BCUT2D eigenvalue weighted by Gasteiger charge is -2.51. The molecular formula is C35H33NO2. The van der Waals surface area contributed by atoms with Crippen LogP contribution in [0.5, 0.6) is 11.5 Å². The standard InChI is InChI=1S/C35H33NO2/c1-3-23-21-36-17-16-24(23)18-33(36)35(31-14-12-22(2)27-15-13-26(37)20-32(27)31)38-34-19-25-8-4-5-9-28(25)29-10-6-7-11-30(29)34/h3-15,19-20,23-24,33,35,37H,1,16-18,21H2,2H3/t23-,24-,33-,35+/m0/s1. The average molecular weight is 500 g/mol. The molecular weight excluding hydrogens is 466 g/mol. The highest BCUT2D eigenvalue weighted by Gasteiger charge is 2.44. The first-order valence-electron chi connectivity index (χ1n) is 13.8. The van der Waals surface area contributed by atoms with E-state index in [1.165, 1.54) is 28.1 Å². The summed E-state index contributed by atoms with van der Waals surface area (Å²) in [5.74, 6) is 2.38. The first-order chi connectivity index (χ1) is 18.6. The van der Waals surface area contributed by atoms with Gasteiger partial charge in [0.15, 0.2) is 0 Å². The van der Waals surface area contributed by atoms with E-state index in [4.69, 9.17) is 4.74 Å². The monoisotopic (exact) mass is 499 g/mol. The minimum atomic E-state index is -0.168. The molecule has 5 aromatic rings. The molecule has 3 heterocycles. The number of nitrogens with zero attached hydrogens (tertiary/aromatic N) is 1. The number of rotatable bonds is 5. The van der Waals surface area contributed by atoms with Crippen molar-refractivity contribution in [2.75, 3.05) is 13.1 Å². The highest BCUT2D eigenvalue weighted by Crippen LogP contribution is 2.45. The SMILES string of the molecule is C=C[C@H]1CN2CC[C@H]1C[C@H]2[C@H](Oc1cc2ccccc2c2ccccc12)c1ccc(C)c2ccc(O)cc12. The first kappa shape index (κ1) is 23.3. The molecule has 3 fully saturated rings. The molecule has 2 bridgehead atoms. The van der Waals surface area contributed by atoms with Gasteiger partial charge < -0.3 is 9.84 Å². The van der Waals surface area contributed by atoms with Gasteiger partial charge in [0.2, 0.25) is 0 Å². The van der Waals surface area contributed by atoms with Crippen LogP contribution in [0.25, 0.3) is 32.3 Å². The van der Waals surface area contributed by atoms with Gasteiger partial charge in [-0.25, -0.2) is 0 Å². The molecule has 0 saturated carbocycles. The van der Waals surface area contributed by atoms with Gasteiger partial charge in [0, 0.05) is 17.5 Å². The smallest absolute Gasteiger partial charge is 0.140 e. The number of hydrogen-bond donors (Lipinski definition) is 1. The summed E-state index contributed by atoms with van der Waals surface area (Å²) in [4.78, 5) is 2.62. The highest BCUT2D eigenvalue weighted by atomic mass is 16.5. The molecule has 1 N–H and O–H groups in total. The Kier molecular flexibility index (Phi) is 5.63. The van der Waals surface area contributed by atoms with Crippen molar-refractivity contribution < 1.29 is 9.84 Å². The average Bonchev–Trinajstić information content (AvgIpc) is 2.96. The van der Waals surface area contributed by atoms with Gasteiger partial charge in [-0.1, -0.05) is 72.8 Å². The van der Waals surface area contributed by atoms with E-state index in [1.54, 1.807) is 6.07 Å². The fraction of sp³-hybridized carbons (Fsp3) is 0.257. The fourth-order valence-electron chi connectivity index (χ4n) is 7.05. The number of piperidine rings is 3. The van der Waals surface area contributed by atoms with Crippen LogP contribution in [0.2, 0.25) is 0 Å². The quantitative estimate of drug-likeness (QED) is 0.195. The lowest BCUT2D eigenvalue weighted by molar-refractivity contribution is -0.0352. The Morgan fingerprint density at radius 1 is 0.895 bits per heavy atom. The summed E-state index contributed by atoms with van der Waals surface area (Å²) in [7, 11) is 0. The largest absolute Gasteiger partial charge is 0.508 e. The van der Waals surface area contributed by atoms with Crippen LogP contribution in [0.3, 0.4) is 0 Å². The molecule has 3 aliphatic rings. The first-order valence-corrected chi connectivity index (χ1v) is 13.8. The number of ether oxygens (including phenoxy) is 1. The minimum Gasteiger partial charge on any atom is -0.508 e. The van der Waals surface area contributed by atoms with E-state index in [0.717, 1.165) is 47.0 Å². The van der Waals surface area contributed by atoms with Crippen molar-refractivity contribution in [1.82, 2.24) is 4.90 Å². The zero-order valence-electron chi connectivity index (χ0n) is 21.8. The van der Waals surface area contributed by atoms with Crippen LogP contribution in [-0.2, 0) is 0 Å². The number of hydrogen-bond acceptors (Lipinski definition) is 3. The van der Waals surface area contributed by atoms with E-state index < -0.39 is 0 Å². The molecule has 0 spiro atoms. The zero-order chi connectivity index (χ0) is 25.8. The van der Waals surface area contributed by atoms with Crippen molar-refractivity contribution in [3.8, 4) is 11.5 Å². The Balaban J connectivity index is 1.42. The Morgan fingerprint density at radius 3 is 2.47 bits per heavy atom. The van der Waals surface area contributed by atoms with Gasteiger partial charge >= 0.3 is 0 Å². The second-order valence-corrected chi connectivity index (χ2v) is 11.1. The second kappa shape index (κ2) is 9.18. The Morgan fingerprint density at radius 2 is 1.68 bits per heavy atom. The number of phenols is 1. The van der Waals surface area contributed by atoms with Gasteiger partial charge in [0.25, 0.3) is 0 Å². The van der Waals surface area contributed by atoms with E-state index in [2.05, 4.69) is 91.2 Å². The Labute approximate surface area is 224 Å². The van der Waals surface area contributed by atoms with Crippen molar-refractivity contribution in [2.24, 2.45) is 11.8 Å². The van der Waals surface area contributed by atoms with Crippen LogP contribution in [0, 0.1) is 18.8 Å². The summed E-state index contributed by atoms with van der Waals surface area (Å²) >= 11 is 0. The summed E-state index contributed by atoms with van der Waals surface area (Å²) in [5.41, 5.74) is 2.35. The van der Waals surface area contributed by atoms with Gasteiger partial charge in [-0.15, -0.1) is 6.58 Å². The summed E-state index contributed by atoms with van der Waals surface area (Å²) in [6.07, 6.45) is 4.28. The van der Waals surface area contributed by atoms with Crippen LogP contribution in [0.4, 0.5) is 0 Å². The van der Waals surface area contributed by atoms with Crippen molar-refractivity contribution in [3.05, 3.63) is 109 Å². The maximum atomic E-state index is 10.5. The summed E-state index contributed by atoms with van der Waals surface area (Å²) < 4.78 is 7.22. The maximum absolute atomic E-state index is 10.5. The highest BCUT2D eigenvalue weighted by molar-refractivity contribution is 6.10. The van der Waals surface area contributed by atoms with Gasteiger partial charge in [0.1, 0.15) is 17.6 Å². The number of fused-ring (bicyclic) bond motifs is 7. The second-order valence-electron chi connectivity index (χ2n) is 11.1. The number of aryl methyl sites for hydroxylation is 1. The molecule has 0 aromatic heterocycles. The van der Waals surface area contributed by atoms with Crippen molar-refractivity contribution in [3.63, 3.8) is 0 Å². The van der Waals surface area contributed by atoms with E-state index in [1.807, 2.05) is 12.1 Å². The van der Waals surface area contributed by atoms with E-state index in [9.17, 15) is 5.11 Å². The zero-order valence-corrected chi connectivity index (χ0v) is 21.8. The predicted octanol–water partition coefficient (Wildman–Crippen LogP) is 8.18. The van der Waals surface area contributed by atoms with Crippen LogP contribution in [0.15, 0.2) is 97.6 Å². The number of aromatic hydroxyl groups is 1. The van der Waals surface area contributed by atoms with Gasteiger partial charge in [0.05, 0.1) is 6.04 Å². The lowest BCUT2D eigenvalue weighted by Crippen LogP contribution is -2.55. The molecule has 0 radical (unpaired) electrons. The number of phenolic OH excluding ortho intramolecular Hbond substituents is 1. The third-order valence-electron chi connectivity index (χ3n) is 9.05. The summed E-state index contributed by atoms with van der Waals surface area (Å²) in [5, 5.41) is 17.5. The molecule has 190 valence electrons. The molecule has 0 amide bonds. The molecule has 1 unspecified atom stereocenters. The molecule has 38 heavy (non-hydrogen) atoms. The number of benzene rings is 5. The molecule has 3 aliphatic heterocycles. The molecule has 3 nitrogen and oxygen atoms in total. The van der Waals surface area contributed by atoms with E-state index in [0.29, 0.717) is 11.8 Å². The predicted molar refractivity (Wildman–Crippen MR) is 157 cm³/mol. The van der Waals surface area contributed by atoms with Crippen molar-refractivity contribution in [2.45, 2.75) is 31.9 Å². The van der Waals surface area contributed by atoms with E-state index >= 15 is 0 Å². The van der Waals surface area contributed by atoms with E-state index in [-0.39, 0.29) is 17.9 Å². The molecule has 5 atom stereocenters. The van der Waals surface area contributed by atoms with Crippen LogP contribution in [-0.4, -0.2) is 29.1 Å². The van der Waals surface area contributed by atoms with Crippen LogP contribution >= 0.6 is 0 Å². The Hall–Kier alpha value is -3.82.